The highest BCUT2D eigenvalue weighted by molar-refractivity contribution is 5.97. The lowest BCUT2D eigenvalue weighted by molar-refractivity contribution is 0.0927. The molecule has 1 aliphatic rings. The second-order valence-electron chi connectivity index (χ2n) is 8.72. The lowest BCUT2D eigenvalue weighted by atomic mass is 9.72. The Labute approximate surface area is 214 Å². The number of nitrogens with zero attached hydrogens (tertiary/aromatic N) is 3. The molecule has 1 heterocycles. The van der Waals surface area contributed by atoms with Crippen molar-refractivity contribution in [1.29, 1.82) is 5.26 Å². The van der Waals surface area contributed by atoms with Gasteiger partial charge in [0, 0.05) is 31.1 Å². The zero-order valence-electron chi connectivity index (χ0n) is 20.3. The molecule has 0 spiro atoms. The van der Waals surface area contributed by atoms with Crippen LogP contribution in [0.1, 0.15) is 28.8 Å². The summed E-state index contributed by atoms with van der Waals surface area (Å²) in [5.41, 5.74) is 0.0529. The first-order chi connectivity index (χ1) is 17.9. The van der Waals surface area contributed by atoms with E-state index in [-0.39, 0.29) is 18.5 Å². The maximum absolute atomic E-state index is 14.2. The van der Waals surface area contributed by atoms with E-state index in [1.54, 1.807) is 42.6 Å². The van der Waals surface area contributed by atoms with Crippen LogP contribution in [0.15, 0.2) is 77.8 Å². The average Bonchev–Trinajstić information content (AvgIpc) is 2.92. The normalized spacial score (nSPS) is 15.0. The Morgan fingerprint density at radius 1 is 1.05 bits per heavy atom. The summed E-state index contributed by atoms with van der Waals surface area (Å²) in [6, 6.07) is 19.4. The lowest BCUT2D eigenvalue weighted by Gasteiger charge is -2.42. The fraction of sp³-hybridized carbons (Fsp3) is 0.250. The van der Waals surface area contributed by atoms with Crippen LogP contribution < -0.4 is 14.8 Å². The van der Waals surface area contributed by atoms with Crippen LogP contribution in [0.5, 0.6) is 11.5 Å². The molecule has 0 saturated carbocycles. The van der Waals surface area contributed by atoms with Gasteiger partial charge in [0.1, 0.15) is 23.1 Å². The van der Waals surface area contributed by atoms with Crippen LogP contribution in [0.3, 0.4) is 0 Å². The lowest BCUT2D eigenvalue weighted by Crippen LogP contribution is -2.51. The first kappa shape index (κ1) is 25.6. The van der Waals surface area contributed by atoms with Crippen molar-refractivity contribution in [3.05, 3.63) is 95.6 Å². The first-order valence-corrected chi connectivity index (χ1v) is 11.8. The summed E-state index contributed by atoms with van der Waals surface area (Å²) in [4.78, 5) is 18.7. The third-order valence-electron chi connectivity index (χ3n) is 6.50. The third-order valence-corrected chi connectivity index (χ3v) is 6.50. The number of methoxy groups -OCH3 is 1. The summed E-state index contributed by atoms with van der Waals surface area (Å²) in [6.07, 6.45) is 2.62. The fourth-order valence-electron chi connectivity index (χ4n) is 4.53. The minimum atomic E-state index is -0.762. The van der Waals surface area contributed by atoms with Crippen LogP contribution in [0, 0.1) is 23.1 Å². The van der Waals surface area contributed by atoms with Crippen LogP contribution in [0.4, 0.5) is 8.78 Å². The Hall–Kier alpha value is -4.45. The molecule has 37 heavy (non-hydrogen) atoms. The van der Waals surface area contributed by atoms with Gasteiger partial charge in [-0.2, -0.15) is 5.26 Å². The largest absolute Gasteiger partial charge is 0.496 e. The van der Waals surface area contributed by atoms with Gasteiger partial charge in [-0.05, 0) is 54.8 Å². The Balaban J connectivity index is 1.57. The third kappa shape index (κ3) is 6.04. The minimum Gasteiger partial charge on any atom is -0.496 e. The number of likely N-dealkylation sites (tertiary alicyclic amines) is 1. The molecular weight excluding hydrogens is 478 g/mol. The van der Waals surface area contributed by atoms with E-state index >= 15 is 0 Å². The maximum Gasteiger partial charge on any atom is 0.308 e. The summed E-state index contributed by atoms with van der Waals surface area (Å²) in [7, 11) is 1.48. The number of benzene rings is 3. The van der Waals surface area contributed by atoms with Gasteiger partial charge in [-0.25, -0.2) is 8.78 Å². The van der Waals surface area contributed by atoms with E-state index in [1.807, 2.05) is 23.1 Å². The monoisotopic (exact) mass is 504 g/mol. The van der Waals surface area contributed by atoms with Gasteiger partial charge in [0.05, 0.1) is 12.7 Å². The molecule has 1 fully saturated rings. The molecule has 1 amide bonds. The summed E-state index contributed by atoms with van der Waals surface area (Å²) < 4.78 is 39.6. The molecule has 3 aromatic carbocycles. The second kappa shape index (κ2) is 11.5. The van der Waals surface area contributed by atoms with E-state index in [4.69, 9.17) is 9.47 Å². The molecule has 7 nitrogen and oxygen atoms in total. The van der Waals surface area contributed by atoms with Gasteiger partial charge in [0.2, 0.25) is 6.19 Å². The molecule has 4 rings (SSSR count). The van der Waals surface area contributed by atoms with Crippen molar-refractivity contribution in [3.8, 4) is 17.7 Å². The van der Waals surface area contributed by atoms with Crippen molar-refractivity contribution >= 4 is 11.9 Å². The number of nitriles is 1. The molecule has 0 aromatic heterocycles. The van der Waals surface area contributed by atoms with Crippen LogP contribution in [0.2, 0.25) is 0 Å². The van der Waals surface area contributed by atoms with E-state index in [2.05, 4.69) is 10.3 Å². The van der Waals surface area contributed by atoms with Crippen LogP contribution in [-0.4, -0.2) is 43.6 Å². The standard InChI is InChI=1S/C28H26F2N4O3/c1-36-25-10-6-5-9-24(25)26(35)32-18-28(20-15-21(29)17-22(30)16-20)11-13-34(14-12-28)27(33-19-31)37-23-7-3-2-4-8-23/h2-10,15-17H,11-14,18H2,1H3,(H,32,35). The highest BCUT2D eigenvalue weighted by Gasteiger charge is 2.39. The average molecular weight is 505 g/mol. The number of ether oxygens (including phenoxy) is 2. The quantitative estimate of drug-likeness (QED) is 0.300. The van der Waals surface area contributed by atoms with Gasteiger partial charge in [-0.3, -0.25) is 4.79 Å². The molecule has 1 N–H and O–H groups in total. The Kier molecular flexibility index (Phi) is 7.98. The minimum absolute atomic E-state index is 0.144. The predicted molar refractivity (Wildman–Crippen MR) is 134 cm³/mol. The highest BCUT2D eigenvalue weighted by Crippen LogP contribution is 2.36. The van der Waals surface area contributed by atoms with Gasteiger partial charge in [0.25, 0.3) is 5.91 Å². The van der Waals surface area contributed by atoms with Crippen molar-refractivity contribution in [1.82, 2.24) is 10.2 Å². The van der Waals surface area contributed by atoms with E-state index in [9.17, 15) is 18.8 Å². The van der Waals surface area contributed by atoms with Crippen molar-refractivity contribution in [2.45, 2.75) is 18.3 Å². The van der Waals surface area contributed by atoms with Gasteiger partial charge in [-0.1, -0.05) is 30.3 Å². The summed E-state index contributed by atoms with van der Waals surface area (Å²) in [5, 5.41) is 12.1. The number of halogens is 2. The molecule has 0 atom stereocenters. The number of hydrogen-bond donors (Lipinski definition) is 1. The fourth-order valence-corrected chi connectivity index (χ4v) is 4.53. The number of amides is 1. The molecule has 190 valence electrons. The molecule has 0 unspecified atom stereocenters. The SMILES string of the molecule is COc1ccccc1C(=O)NCC1(c2cc(F)cc(F)c2)CCN(C(=NC#N)Oc2ccccc2)CC1. The van der Waals surface area contributed by atoms with Crippen molar-refractivity contribution in [2.75, 3.05) is 26.7 Å². The predicted octanol–water partition coefficient (Wildman–Crippen LogP) is 4.65. The number of para-hydroxylation sites is 2. The number of amidine groups is 1. The van der Waals surface area contributed by atoms with Crippen molar-refractivity contribution in [3.63, 3.8) is 0 Å². The van der Waals surface area contributed by atoms with Gasteiger partial charge in [-0.15, -0.1) is 4.99 Å². The molecule has 9 heteroatoms. The number of piperidine rings is 1. The summed E-state index contributed by atoms with van der Waals surface area (Å²) in [5.74, 6) is -0.769. The van der Waals surface area contributed by atoms with Crippen molar-refractivity contribution in [2.24, 2.45) is 4.99 Å². The summed E-state index contributed by atoms with van der Waals surface area (Å²) in [6.45, 7) is 0.914. The first-order valence-electron chi connectivity index (χ1n) is 11.8. The van der Waals surface area contributed by atoms with Crippen molar-refractivity contribution < 1.29 is 23.0 Å². The van der Waals surface area contributed by atoms with Gasteiger partial charge < -0.3 is 19.7 Å². The molecule has 0 bridgehead atoms. The molecule has 1 saturated heterocycles. The van der Waals surface area contributed by atoms with E-state index < -0.39 is 17.0 Å². The van der Waals surface area contributed by atoms with Crippen LogP contribution in [-0.2, 0) is 5.41 Å². The van der Waals surface area contributed by atoms with Gasteiger partial charge in [0.15, 0.2) is 0 Å². The van der Waals surface area contributed by atoms with Crippen LogP contribution >= 0.6 is 0 Å². The highest BCUT2D eigenvalue weighted by atomic mass is 19.1. The Morgan fingerprint density at radius 3 is 2.35 bits per heavy atom. The molecule has 3 aromatic rings. The number of nitrogens with one attached hydrogen (secondary N) is 1. The number of rotatable bonds is 6. The number of aliphatic imine (C=N–C) groups is 1. The Morgan fingerprint density at radius 2 is 1.70 bits per heavy atom. The number of hydrogen-bond acceptors (Lipinski definition) is 5. The maximum atomic E-state index is 14.2. The number of carbonyl (C=O) groups is 1. The number of carbonyl (C=O) groups excluding carboxylic acids is 1. The van der Waals surface area contributed by atoms with Gasteiger partial charge >= 0.3 is 6.02 Å². The Bertz CT molecular complexity index is 1300. The zero-order valence-corrected chi connectivity index (χ0v) is 20.3. The molecular formula is C28H26F2N4O3. The van der Waals surface area contributed by atoms with E-state index in [0.29, 0.717) is 48.6 Å². The smallest absolute Gasteiger partial charge is 0.308 e. The molecule has 1 aliphatic heterocycles. The van der Waals surface area contributed by atoms with E-state index in [0.717, 1.165) is 6.07 Å². The second-order valence-corrected chi connectivity index (χ2v) is 8.72. The van der Waals surface area contributed by atoms with Crippen LogP contribution in [0.25, 0.3) is 0 Å². The molecule has 0 radical (unpaired) electrons. The zero-order chi connectivity index (χ0) is 26.3. The molecule has 0 aliphatic carbocycles. The summed E-state index contributed by atoms with van der Waals surface area (Å²) >= 11 is 0. The van der Waals surface area contributed by atoms with E-state index in [1.165, 1.54) is 19.2 Å². The topological polar surface area (TPSA) is 87.0 Å².